The summed E-state index contributed by atoms with van der Waals surface area (Å²) in [5.74, 6) is 6.97. The fourth-order valence-electron chi connectivity index (χ4n) is 1.96. The van der Waals surface area contributed by atoms with Gasteiger partial charge < -0.3 is 11.1 Å². The van der Waals surface area contributed by atoms with E-state index in [1.54, 1.807) is 11.8 Å². The molecule has 1 amide bonds. The van der Waals surface area contributed by atoms with Crippen LogP contribution < -0.4 is 11.1 Å². The first kappa shape index (κ1) is 14.0. The molecule has 1 aromatic carbocycles. The van der Waals surface area contributed by atoms with E-state index < -0.39 is 0 Å². The van der Waals surface area contributed by atoms with Gasteiger partial charge in [0.05, 0.1) is 11.8 Å². The van der Waals surface area contributed by atoms with Crippen molar-refractivity contribution in [3.8, 4) is 11.8 Å². The maximum atomic E-state index is 12.0. The highest BCUT2D eigenvalue weighted by molar-refractivity contribution is 8.00. The average Bonchev–Trinajstić information content (AvgIpc) is 2.47. The number of nitrogens with one attached hydrogen (secondary N) is 1. The molecule has 0 bridgehead atoms. The van der Waals surface area contributed by atoms with Crippen LogP contribution in [-0.4, -0.2) is 23.5 Å². The van der Waals surface area contributed by atoms with Crippen molar-refractivity contribution in [1.82, 2.24) is 0 Å². The Morgan fingerprint density at radius 1 is 1.37 bits per heavy atom. The van der Waals surface area contributed by atoms with Crippen LogP contribution in [0.25, 0.3) is 0 Å². The molecule has 1 fully saturated rings. The van der Waals surface area contributed by atoms with Crippen LogP contribution in [-0.2, 0) is 4.79 Å². The van der Waals surface area contributed by atoms with E-state index in [2.05, 4.69) is 17.2 Å². The minimum atomic E-state index is 0.102. The van der Waals surface area contributed by atoms with E-state index in [1.165, 1.54) is 6.42 Å². The Labute approximate surface area is 118 Å². The minimum absolute atomic E-state index is 0.102. The summed E-state index contributed by atoms with van der Waals surface area (Å²) in [5.41, 5.74) is 7.06. The predicted molar refractivity (Wildman–Crippen MR) is 81.1 cm³/mol. The molecule has 1 aliphatic heterocycles. The number of rotatable bonds is 2. The van der Waals surface area contributed by atoms with Crippen LogP contribution in [0.4, 0.5) is 5.69 Å². The molecular weight excluding hydrogens is 256 g/mol. The molecule has 0 saturated carbocycles. The van der Waals surface area contributed by atoms with Crippen LogP contribution in [0.2, 0.25) is 0 Å². The Hall–Kier alpha value is -1.44. The summed E-state index contributed by atoms with van der Waals surface area (Å²) < 4.78 is 0. The maximum absolute atomic E-state index is 12.0. The smallest absolute Gasteiger partial charge is 0.237 e. The van der Waals surface area contributed by atoms with E-state index in [-0.39, 0.29) is 11.2 Å². The number of hydrogen-bond donors (Lipinski definition) is 2. The van der Waals surface area contributed by atoms with Crippen molar-refractivity contribution < 1.29 is 4.79 Å². The third-order valence-corrected chi connectivity index (χ3v) is 4.34. The van der Waals surface area contributed by atoms with Gasteiger partial charge >= 0.3 is 0 Å². The van der Waals surface area contributed by atoms with Gasteiger partial charge in [-0.2, -0.15) is 0 Å². The van der Waals surface area contributed by atoms with Gasteiger partial charge in [0, 0.05) is 11.3 Å². The quantitative estimate of drug-likeness (QED) is 0.813. The first-order valence-electron chi connectivity index (χ1n) is 6.51. The molecule has 3 nitrogen and oxygen atoms in total. The Kier molecular flexibility index (Phi) is 5.31. The van der Waals surface area contributed by atoms with Crippen molar-refractivity contribution in [2.75, 3.05) is 17.6 Å². The number of hydrogen-bond acceptors (Lipinski definition) is 3. The zero-order valence-corrected chi connectivity index (χ0v) is 11.6. The van der Waals surface area contributed by atoms with Crippen molar-refractivity contribution in [3.63, 3.8) is 0 Å². The van der Waals surface area contributed by atoms with Crippen LogP contribution in [0.5, 0.6) is 0 Å². The molecule has 19 heavy (non-hydrogen) atoms. The fraction of sp³-hybridized carbons (Fsp3) is 0.400. The molecule has 1 aromatic rings. The number of thioether (sulfide) groups is 1. The Morgan fingerprint density at radius 3 is 2.79 bits per heavy atom. The molecule has 0 aliphatic carbocycles. The number of anilines is 1. The normalized spacial score (nSPS) is 18.3. The monoisotopic (exact) mass is 274 g/mol. The molecular formula is C15H18N2OS. The van der Waals surface area contributed by atoms with Crippen molar-refractivity contribution in [1.29, 1.82) is 0 Å². The van der Waals surface area contributed by atoms with Crippen LogP contribution in [0, 0.1) is 11.8 Å². The van der Waals surface area contributed by atoms with E-state index in [0.717, 1.165) is 29.8 Å². The van der Waals surface area contributed by atoms with Crippen molar-refractivity contribution in [3.05, 3.63) is 29.8 Å². The van der Waals surface area contributed by atoms with Gasteiger partial charge in [-0.25, -0.2) is 0 Å². The van der Waals surface area contributed by atoms with Crippen LogP contribution >= 0.6 is 11.8 Å². The van der Waals surface area contributed by atoms with E-state index in [9.17, 15) is 4.79 Å². The number of carbonyl (C=O) groups is 1. The second kappa shape index (κ2) is 7.22. The molecule has 1 heterocycles. The predicted octanol–water partition coefficient (Wildman–Crippen LogP) is 2.22. The maximum Gasteiger partial charge on any atom is 0.237 e. The van der Waals surface area contributed by atoms with Crippen molar-refractivity contribution in [2.45, 2.75) is 24.5 Å². The van der Waals surface area contributed by atoms with Gasteiger partial charge in [0.1, 0.15) is 0 Å². The second-order valence-corrected chi connectivity index (χ2v) is 5.74. The molecule has 0 radical (unpaired) electrons. The summed E-state index contributed by atoms with van der Waals surface area (Å²) in [6, 6.07) is 7.55. The highest BCUT2D eigenvalue weighted by Crippen LogP contribution is 2.26. The zero-order valence-electron chi connectivity index (χ0n) is 10.8. The highest BCUT2D eigenvalue weighted by atomic mass is 32.2. The molecule has 1 saturated heterocycles. The number of amides is 1. The Balaban J connectivity index is 1.93. The Bertz CT molecular complexity index is 481. The first-order chi connectivity index (χ1) is 9.29. The van der Waals surface area contributed by atoms with Crippen LogP contribution in [0.3, 0.4) is 0 Å². The summed E-state index contributed by atoms with van der Waals surface area (Å²) in [6.07, 6.45) is 3.36. The molecule has 1 unspecified atom stereocenters. The fourth-order valence-corrected chi connectivity index (χ4v) is 3.16. The second-order valence-electron chi connectivity index (χ2n) is 4.43. The lowest BCUT2D eigenvalue weighted by Gasteiger charge is -2.20. The third kappa shape index (κ3) is 4.30. The van der Waals surface area contributed by atoms with E-state index in [0.29, 0.717) is 6.54 Å². The van der Waals surface area contributed by atoms with Gasteiger partial charge in [0.25, 0.3) is 0 Å². The van der Waals surface area contributed by atoms with E-state index in [1.807, 2.05) is 24.3 Å². The minimum Gasteiger partial charge on any atom is -0.325 e. The van der Waals surface area contributed by atoms with Crippen molar-refractivity contribution in [2.24, 2.45) is 5.73 Å². The first-order valence-corrected chi connectivity index (χ1v) is 7.56. The third-order valence-electron chi connectivity index (χ3n) is 2.96. The molecule has 0 spiro atoms. The van der Waals surface area contributed by atoms with Gasteiger partial charge in [-0.15, -0.1) is 11.8 Å². The van der Waals surface area contributed by atoms with Crippen LogP contribution in [0.15, 0.2) is 24.3 Å². The molecule has 3 N–H and O–H groups in total. The van der Waals surface area contributed by atoms with Gasteiger partial charge in [0.15, 0.2) is 0 Å². The van der Waals surface area contributed by atoms with E-state index in [4.69, 9.17) is 5.73 Å². The summed E-state index contributed by atoms with van der Waals surface area (Å²) in [6.45, 7) is 0.359. The van der Waals surface area contributed by atoms with Gasteiger partial charge in [0.2, 0.25) is 5.91 Å². The largest absolute Gasteiger partial charge is 0.325 e. The van der Waals surface area contributed by atoms with Gasteiger partial charge in [-0.05, 0) is 42.9 Å². The zero-order chi connectivity index (χ0) is 13.5. The molecule has 1 atom stereocenters. The lowest BCUT2D eigenvalue weighted by Crippen LogP contribution is -2.27. The molecule has 100 valence electrons. The lowest BCUT2D eigenvalue weighted by atomic mass is 10.1. The van der Waals surface area contributed by atoms with Crippen molar-refractivity contribution >= 4 is 23.4 Å². The summed E-state index contributed by atoms with van der Waals surface area (Å²) in [7, 11) is 0. The molecule has 4 heteroatoms. The number of carbonyl (C=O) groups excluding carboxylic acids is 1. The summed E-state index contributed by atoms with van der Waals surface area (Å²) in [4.78, 5) is 12.0. The van der Waals surface area contributed by atoms with E-state index >= 15 is 0 Å². The summed E-state index contributed by atoms with van der Waals surface area (Å²) in [5, 5.41) is 3.06. The standard InChI is InChI=1S/C15H18N2OS/c16-10-3-4-12-6-8-13(9-7-12)17-15(18)14-5-1-2-11-19-14/h6-9,14H,1-2,5,10-11,16H2,(H,17,18). The summed E-state index contributed by atoms with van der Waals surface area (Å²) >= 11 is 1.76. The van der Waals surface area contributed by atoms with Gasteiger partial charge in [-0.3, -0.25) is 4.79 Å². The van der Waals surface area contributed by atoms with Crippen LogP contribution in [0.1, 0.15) is 24.8 Å². The topological polar surface area (TPSA) is 55.1 Å². The highest BCUT2D eigenvalue weighted by Gasteiger charge is 2.21. The average molecular weight is 274 g/mol. The lowest BCUT2D eigenvalue weighted by molar-refractivity contribution is -0.115. The SMILES string of the molecule is NCC#Cc1ccc(NC(=O)C2CCCCS2)cc1. The number of nitrogens with two attached hydrogens (primary N) is 1. The molecule has 0 aromatic heterocycles. The molecule has 2 rings (SSSR count). The van der Waals surface area contributed by atoms with Gasteiger partial charge in [-0.1, -0.05) is 18.3 Å². The Morgan fingerprint density at radius 2 is 2.16 bits per heavy atom. The molecule has 1 aliphatic rings. The number of benzene rings is 1.